The highest BCUT2D eigenvalue weighted by atomic mass is 16.4. The first-order chi connectivity index (χ1) is 18.8. The first kappa shape index (κ1) is 25.8. The summed E-state index contributed by atoms with van der Waals surface area (Å²) in [4.78, 5) is 25.9. The van der Waals surface area contributed by atoms with E-state index in [0.29, 0.717) is 23.3 Å². The number of fused-ring (bicyclic) bond motifs is 1. The van der Waals surface area contributed by atoms with Crippen LogP contribution in [0.2, 0.25) is 0 Å². The molecular weight excluding hydrogens is 490 g/mol. The first-order valence-corrected chi connectivity index (χ1v) is 14.5. The fourth-order valence-electron chi connectivity index (χ4n) is 6.52. The summed E-state index contributed by atoms with van der Waals surface area (Å²) >= 11 is 0. The second kappa shape index (κ2) is 10.2. The molecule has 4 N–H and O–H groups in total. The number of anilines is 1. The number of amides is 1. The van der Waals surface area contributed by atoms with Crippen LogP contribution in [0.4, 0.5) is 10.6 Å². The van der Waals surface area contributed by atoms with Gasteiger partial charge in [0, 0.05) is 12.6 Å². The topological polar surface area (TPSA) is 129 Å². The monoisotopic (exact) mass is 529 g/mol. The molecule has 0 saturated heterocycles. The lowest BCUT2D eigenvalue weighted by Gasteiger charge is -2.32. The van der Waals surface area contributed by atoms with E-state index in [4.69, 9.17) is 15.4 Å². The quantitative estimate of drug-likeness (QED) is 0.212. The third-order valence-corrected chi connectivity index (χ3v) is 9.36. The zero-order valence-electron chi connectivity index (χ0n) is 22.9. The van der Waals surface area contributed by atoms with Crippen molar-refractivity contribution in [3.05, 3.63) is 47.5 Å². The Bertz CT molecular complexity index is 1370. The highest BCUT2D eigenvalue weighted by Crippen LogP contribution is 2.54. The van der Waals surface area contributed by atoms with Gasteiger partial charge in [0.05, 0.1) is 5.41 Å². The molecule has 1 amide bonds. The zero-order chi connectivity index (χ0) is 27.1. The second-order valence-electron chi connectivity index (χ2n) is 12.1. The van der Waals surface area contributed by atoms with Gasteiger partial charge in [-0.1, -0.05) is 56.5 Å². The maximum Gasteiger partial charge on any atom is 0.410 e. The molecule has 1 atom stereocenters. The Hall–Kier alpha value is -3.49. The van der Waals surface area contributed by atoms with Crippen molar-refractivity contribution in [1.82, 2.24) is 24.8 Å². The number of amidine groups is 1. The molecule has 0 spiro atoms. The van der Waals surface area contributed by atoms with Crippen molar-refractivity contribution in [3.63, 3.8) is 0 Å². The smallest absolute Gasteiger partial charge is 0.410 e. The number of nitrogens with one attached hydrogen (secondary N) is 3. The van der Waals surface area contributed by atoms with Crippen LogP contribution >= 0.6 is 0 Å². The number of benzene rings is 1. The highest BCUT2D eigenvalue weighted by molar-refractivity contribution is 6.03. The molecule has 3 fully saturated rings. The van der Waals surface area contributed by atoms with E-state index in [1.807, 2.05) is 0 Å². The Morgan fingerprint density at radius 3 is 2.44 bits per heavy atom. The minimum atomic E-state index is -1.31. The third kappa shape index (κ3) is 4.99. The molecule has 1 aromatic carbocycles. The van der Waals surface area contributed by atoms with Crippen LogP contribution in [0.25, 0.3) is 11.2 Å². The van der Waals surface area contributed by atoms with Gasteiger partial charge in [0.1, 0.15) is 11.3 Å². The van der Waals surface area contributed by atoms with Gasteiger partial charge in [-0.25, -0.2) is 19.7 Å². The van der Waals surface area contributed by atoms with E-state index in [1.54, 1.807) is 0 Å². The van der Waals surface area contributed by atoms with Crippen LogP contribution in [0.3, 0.4) is 0 Å². The van der Waals surface area contributed by atoms with Crippen molar-refractivity contribution in [3.8, 4) is 0 Å². The molecule has 3 saturated carbocycles. The molecule has 6 rings (SSSR count). The summed E-state index contributed by atoms with van der Waals surface area (Å²) in [5, 5.41) is 23.3. The number of rotatable bonds is 8. The van der Waals surface area contributed by atoms with Gasteiger partial charge in [-0.2, -0.15) is 0 Å². The summed E-state index contributed by atoms with van der Waals surface area (Å²) in [5.41, 5.74) is 2.52. The predicted octanol–water partition coefficient (Wildman–Crippen LogP) is 5.93. The molecular formula is C30H39N7O2. The molecule has 0 radical (unpaired) electrons. The predicted molar refractivity (Wildman–Crippen MR) is 151 cm³/mol. The molecule has 3 aliphatic rings. The molecule has 0 unspecified atom stereocenters. The fourth-order valence-corrected chi connectivity index (χ4v) is 6.52. The largest absolute Gasteiger partial charge is 0.465 e. The lowest BCUT2D eigenvalue weighted by atomic mass is 9.80. The maximum atomic E-state index is 11.3. The summed E-state index contributed by atoms with van der Waals surface area (Å²) in [6, 6.07) is 10.8. The van der Waals surface area contributed by atoms with E-state index in [9.17, 15) is 9.90 Å². The SMILES string of the molecule is C[C@@H](Nc1nc(C(=N)NC(=O)O)nc2nc(C3(c4ccccc4)CC3)n(C[C@H]3CC[C@H](C)CC3)c12)C1CCC1. The molecule has 9 heteroatoms. The van der Waals surface area contributed by atoms with E-state index in [0.717, 1.165) is 36.6 Å². The van der Waals surface area contributed by atoms with Crippen LogP contribution < -0.4 is 10.6 Å². The van der Waals surface area contributed by atoms with Crippen molar-refractivity contribution >= 4 is 28.9 Å². The van der Waals surface area contributed by atoms with E-state index >= 15 is 0 Å². The summed E-state index contributed by atoms with van der Waals surface area (Å²) in [6.45, 7) is 5.41. The van der Waals surface area contributed by atoms with Crippen molar-refractivity contribution in [1.29, 1.82) is 5.41 Å². The van der Waals surface area contributed by atoms with Crippen LogP contribution in [0.5, 0.6) is 0 Å². The van der Waals surface area contributed by atoms with Gasteiger partial charge in [-0.05, 0) is 68.8 Å². The van der Waals surface area contributed by atoms with Crippen molar-refractivity contribution in [2.45, 2.75) is 89.6 Å². The van der Waals surface area contributed by atoms with Crippen molar-refractivity contribution in [2.24, 2.45) is 17.8 Å². The lowest BCUT2D eigenvalue weighted by molar-refractivity contribution is 0.200. The molecule has 0 bridgehead atoms. The minimum Gasteiger partial charge on any atom is -0.465 e. The van der Waals surface area contributed by atoms with E-state index < -0.39 is 6.09 Å². The highest BCUT2D eigenvalue weighted by Gasteiger charge is 2.50. The molecule has 3 aromatic rings. The van der Waals surface area contributed by atoms with E-state index in [2.05, 4.69) is 64.4 Å². The van der Waals surface area contributed by atoms with Gasteiger partial charge >= 0.3 is 6.09 Å². The normalized spacial score (nSPS) is 23.1. The first-order valence-electron chi connectivity index (χ1n) is 14.5. The van der Waals surface area contributed by atoms with Crippen LogP contribution in [0, 0.1) is 23.2 Å². The third-order valence-electron chi connectivity index (χ3n) is 9.36. The van der Waals surface area contributed by atoms with Crippen LogP contribution in [0.1, 0.15) is 88.8 Å². The summed E-state index contributed by atoms with van der Waals surface area (Å²) < 4.78 is 2.38. The van der Waals surface area contributed by atoms with E-state index in [-0.39, 0.29) is 23.1 Å². The average molecular weight is 530 g/mol. The van der Waals surface area contributed by atoms with Gasteiger partial charge in [-0.15, -0.1) is 0 Å². The number of hydrogen-bond acceptors (Lipinski definition) is 6. The Morgan fingerprint density at radius 1 is 1.10 bits per heavy atom. The van der Waals surface area contributed by atoms with Crippen molar-refractivity contribution in [2.75, 3.05) is 5.32 Å². The lowest BCUT2D eigenvalue weighted by Crippen LogP contribution is -2.33. The number of nitrogens with zero attached hydrogens (tertiary/aromatic N) is 4. The Labute approximate surface area is 229 Å². The molecule has 9 nitrogen and oxygen atoms in total. The Morgan fingerprint density at radius 2 is 1.82 bits per heavy atom. The zero-order valence-corrected chi connectivity index (χ0v) is 22.9. The molecule has 2 heterocycles. The van der Waals surface area contributed by atoms with Crippen LogP contribution in [-0.2, 0) is 12.0 Å². The fraction of sp³-hybridized carbons (Fsp3) is 0.567. The number of imidazole rings is 1. The number of carbonyl (C=O) groups is 1. The maximum absolute atomic E-state index is 11.3. The van der Waals surface area contributed by atoms with Gasteiger partial charge in [-0.3, -0.25) is 10.7 Å². The van der Waals surface area contributed by atoms with Crippen molar-refractivity contribution < 1.29 is 9.90 Å². The average Bonchev–Trinajstić information content (AvgIpc) is 3.60. The standard InChI is InChI=1S/C30H39N7O2/c1-18-11-13-20(14-12-18)17-37-23-25(32-19(2)21-7-6-8-21)34-27(24(31)33-29(38)39)35-26(23)36-28(37)30(15-16-30)22-9-4-3-5-10-22/h3-5,9-10,18-21H,6-8,11-17H2,1-2H3,(H2,31,33)(H,38,39)(H,32,34,35)/t18-,19-,20-/m1/s1. The van der Waals surface area contributed by atoms with Gasteiger partial charge in [0.15, 0.2) is 23.1 Å². The minimum absolute atomic E-state index is 0.0421. The summed E-state index contributed by atoms with van der Waals surface area (Å²) in [5.74, 6) is 3.28. The summed E-state index contributed by atoms with van der Waals surface area (Å²) in [7, 11) is 0. The van der Waals surface area contributed by atoms with Crippen LogP contribution in [0.15, 0.2) is 30.3 Å². The number of carboxylic acid groups (broad SMARTS) is 1. The van der Waals surface area contributed by atoms with Crippen LogP contribution in [-0.4, -0.2) is 42.6 Å². The molecule has 0 aliphatic heterocycles. The van der Waals surface area contributed by atoms with Gasteiger partial charge in [0.2, 0.25) is 0 Å². The second-order valence-corrected chi connectivity index (χ2v) is 12.1. The van der Waals surface area contributed by atoms with E-state index in [1.165, 1.54) is 50.5 Å². The number of aromatic nitrogens is 4. The molecule has 206 valence electrons. The number of hydrogen-bond donors (Lipinski definition) is 4. The molecule has 3 aliphatic carbocycles. The van der Waals surface area contributed by atoms with Gasteiger partial charge < -0.3 is 15.0 Å². The Balaban J connectivity index is 1.50. The Kier molecular flexibility index (Phi) is 6.77. The molecule has 39 heavy (non-hydrogen) atoms. The summed E-state index contributed by atoms with van der Waals surface area (Å²) in [6.07, 6.45) is 9.27. The van der Waals surface area contributed by atoms with Gasteiger partial charge in [0.25, 0.3) is 0 Å². The molecule has 2 aromatic heterocycles.